The van der Waals surface area contributed by atoms with Gasteiger partial charge in [0.2, 0.25) is 5.91 Å². The molecule has 1 aromatic carbocycles. The van der Waals surface area contributed by atoms with E-state index in [2.05, 4.69) is 5.32 Å². The third-order valence-corrected chi connectivity index (χ3v) is 2.10. The van der Waals surface area contributed by atoms with Crippen LogP contribution in [0.15, 0.2) is 18.2 Å². The molecule has 0 radical (unpaired) electrons. The van der Waals surface area contributed by atoms with Gasteiger partial charge in [0.25, 0.3) is 0 Å². The maximum atomic E-state index is 11.0. The van der Waals surface area contributed by atoms with Crippen molar-refractivity contribution in [2.24, 2.45) is 0 Å². The Hall–Kier alpha value is -1.75. The van der Waals surface area contributed by atoms with Crippen molar-refractivity contribution in [1.82, 2.24) is 0 Å². The van der Waals surface area contributed by atoms with Gasteiger partial charge >= 0.3 is 5.97 Å². The predicted molar refractivity (Wildman–Crippen MR) is 59.3 cm³/mol. The van der Waals surface area contributed by atoms with Gasteiger partial charge in [-0.3, -0.25) is 4.79 Å². The van der Waals surface area contributed by atoms with E-state index in [-0.39, 0.29) is 17.1 Å². The van der Waals surface area contributed by atoms with Crippen molar-refractivity contribution in [3.63, 3.8) is 0 Å². The van der Waals surface area contributed by atoms with Gasteiger partial charge in [-0.2, -0.15) is 0 Å². The number of carbonyl (C=O) groups excluding carboxylic acids is 1. The summed E-state index contributed by atoms with van der Waals surface area (Å²) in [7, 11) is 1.43. The molecule has 5 nitrogen and oxygen atoms in total. The molecular formula is C10H10ClNO4. The second kappa shape index (κ2) is 5.37. The van der Waals surface area contributed by atoms with Gasteiger partial charge < -0.3 is 15.2 Å². The quantitative estimate of drug-likeness (QED) is 0.787. The minimum atomic E-state index is -1.15. The number of rotatable bonds is 4. The van der Waals surface area contributed by atoms with Crippen molar-refractivity contribution in [2.45, 2.75) is 0 Å². The number of amides is 1. The molecule has 0 fully saturated rings. The SMILES string of the molecule is COc1ccc(NC(=O)CCl)c(C(=O)O)c1. The Balaban J connectivity index is 3.08. The van der Waals surface area contributed by atoms with Crippen LogP contribution in [0.5, 0.6) is 5.75 Å². The molecule has 0 aromatic heterocycles. The van der Waals surface area contributed by atoms with Crippen LogP contribution >= 0.6 is 11.6 Å². The number of hydrogen-bond acceptors (Lipinski definition) is 3. The van der Waals surface area contributed by atoms with Crippen molar-refractivity contribution in [2.75, 3.05) is 18.3 Å². The molecule has 0 unspecified atom stereocenters. The highest BCUT2D eigenvalue weighted by Crippen LogP contribution is 2.22. The smallest absolute Gasteiger partial charge is 0.337 e. The lowest BCUT2D eigenvalue weighted by atomic mass is 10.1. The van der Waals surface area contributed by atoms with E-state index in [9.17, 15) is 9.59 Å². The summed E-state index contributed by atoms with van der Waals surface area (Å²) < 4.78 is 4.89. The molecule has 0 aliphatic rings. The summed E-state index contributed by atoms with van der Waals surface area (Å²) in [5.74, 6) is -1.44. The number of alkyl halides is 1. The van der Waals surface area contributed by atoms with Crippen LogP contribution in [0.3, 0.4) is 0 Å². The molecule has 6 heteroatoms. The summed E-state index contributed by atoms with van der Waals surface area (Å²) in [4.78, 5) is 22.0. The normalized spacial score (nSPS) is 9.62. The van der Waals surface area contributed by atoms with Crippen LogP contribution in [-0.4, -0.2) is 30.0 Å². The molecule has 0 aliphatic heterocycles. The van der Waals surface area contributed by atoms with E-state index in [1.165, 1.54) is 19.2 Å². The van der Waals surface area contributed by atoms with Gasteiger partial charge in [0, 0.05) is 0 Å². The van der Waals surface area contributed by atoms with Gasteiger partial charge in [0.1, 0.15) is 11.6 Å². The highest BCUT2D eigenvalue weighted by molar-refractivity contribution is 6.29. The number of carbonyl (C=O) groups is 2. The van der Waals surface area contributed by atoms with E-state index in [1.807, 2.05) is 0 Å². The molecule has 86 valence electrons. The molecule has 1 aromatic rings. The van der Waals surface area contributed by atoms with Crippen LogP contribution < -0.4 is 10.1 Å². The lowest BCUT2D eigenvalue weighted by Gasteiger charge is -2.08. The van der Waals surface area contributed by atoms with Crippen LogP contribution in [0, 0.1) is 0 Å². The highest BCUT2D eigenvalue weighted by atomic mass is 35.5. The molecule has 16 heavy (non-hydrogen) atoms. The second-order valence-corrected chi connectivity index (χ2v) is 3.17. The predicted octanol–water partition coefficient (Wildman–Crippen LogP) is 1.57. The van der Waals surface area contributed by atoms with Gasteiger partial charge in [-0.05, 0) is 18.2 Å². The summed E-state index contributed by atoms with van der Waals surface area (Å²) >= 11 is 5.31. The van der Waals surface area contributed by atoms with Crippen LogP contribution in [0.1, 0.15) is 10.4 Å². The minimum absolute atomic E-state index is 0.0437. The van der Waals surface area contributed by atoms with Crippen LogP contribution in [0.4, 0.5) is 5.69 Å². The van der Waals surface area contributed by atoms with E-state index in [1.54, 1.807) is 6.07 Å². The number of hydrogen-bond donors (Lipinski definition) is 2. The number of aromatic carboxylic acids is 1. The molecule has 0 atom stereocenters. The summed E-state index contributed by atoms with van der Waals surface area (Å²) in [6.07, 6.45) is 0. The third-order valence-electron chi connectivity index (χ3n) is 1.85. The monoisotopic (exact) mass is 243 g/mol. The van der Waals surface area contributed by atoms with Crippen molar-refractivity contribution < 1.29 is 19.4 Å². The number of carboxylic acids is 1. The lowest BCUT2D eigenvalue weighted by Crippen LogP contribution is -2.15. The Bertz CT molecular complexity index is 419. The molecular weight excluding hydrogens is 234 g/mol. The zero-order chi connectivity index (χ0) is 12.1. The Labute approximate surface area is 97.0 Å². The average Bonchev–Trinajstić information content (AvgIpc) is 2.29. The third kappa shape index (κ3) is 2.87. The first-order chi connectivity index (χ1) is 7.58. The van der Waals surface area contributed by atoms with E-state index < -0.39 is 11.9 Å². The highest BCUT2D eigenvalue weighted by Gasteiger charge is 2.13. The fourth-order valence-corrected chi connectivity index (χ4v) is 1.19. The first-order valence-corrected chi connectivity index (χ1v) is 4.89. The number of benzene rings is 1. The minimum Gasteiger partial charge on any atom is -0.497 e. The Morgan fingerprint density at radius 3 is 2.69 bits per heavy atom. The molecule has 0 saturated heterocycles. The fraction of sp³-hybridized carbons (Fsp3) is 0.200. The van der Waals surface area contributed by atoms with E-state index in [4.69, 9.17) is 21.4 Å². The van der Waals surface area contributed by atoms with Crippen LogP contribution in [0.2, 0.25) is 0 Å². The van der Waals surface area contributed by atoms with Crippen LogP contribution in [-0.2, 0) is 4.79 Å². The largest absolute Gasteiger partial charge is 0.497 e. The Kier molecular flexibility index (Phi) is 4.13. The number of halogens is 1. The molecule has 0 spiro atoms. The molecule has 2 N–H and O–H groups in total. The van der Waals surface area contributed by atoms with Crippen molar-refractivity contribution in [3.8, 4) is 5.75 Å². The number of carboxylic acid groups (broad SMARTS) is 1. The van der Waals surface area contributed by atoms with Crippen molar-refractivity contribution in [3.05, 3.63) is 23.8 Å². The fourth-order valence-electron chi connectivity index (χ4n) is 1.12. The van der Waals surface area contributed by atoms with Gasteiger partial charge in [0.05, 0.1) is 18.4 Å². The molecule has 0 bridgehead atoms. The van der Waals surface area contributed by atoms with Crippen molar-refractivity contribution in [1.29, 1.82) is 0 Å². The van der Waals surface area contributed by atoms with E-state index in [0.29, 0.717) is 5.75 Å². The second-order valence-electron chi connectivity index (χ2n) is 2.90. The first-order valence-electron chi connectivity index (χ1n) is 4.35. The number of ether oxygens (including phenoxy) is 1. The van der Waals surface area contributed by atoms with Crippen molar-refractivity contribution >= 4 is 29.2 Å². The van der Waals surface area contributed by atoms with Crippen LogP contribution in [0.25, 0.3) is 0 Å². The average molecular weight is 244 g/mol. The lowest BCUT2D eigenvalue weighted by molar-refractivity contribution is -0.113. The number of methoxy groups -OCH3 is 1. The van der Waals surface area contributed by atoms with E-state index >= 15 is 0 Å². The van der Waals surface area contributed by atoms with E-state index in [0.717, 1.165) is 0 Å². The number of anilines is 1. The zero-order valence-corrected chi connectivity index (χ0v) is 9.25. The maximum absolute atomic E-state index is 11.0. The first kappa shape index (κ1) is 12.3. The molecule has 0 saturated carbocycles. The van der Waals surface area contributed by atoms with Gasteiger partial charge in [-0.25, -0.2) is 4.79 Å². The zero-order valence-electron chi connectivity index (χ0n) is 8.49. The molecule has 0 heterocycles. The summed E-state index contributed by atoms with van der Waals surface area (Å²) in [5, 5.41) is 11.3. The Morgan fingerprint density at radius 2 is 2.19 bits per heavy atom. The summed E-state index contributed by atoms with van der Waals surface area (Å²) in [5.41, 5.74) is 0.150. The summed E-state index contributed by atoms with van der Waals surface area (Å²) in [6, 6.07) is 4.33. The topological polar surface area (TPSA) is 75.6 Å². The Morgan fingerprint density at radius 1 is 1.50 bits per heavy atom. The van der Waals surface area contributed by atoms with Gasteiger partial charge in [-0.15, -0.1) is 11.6 Å². The van der Waals surface area contributed by atoms with Gasteiger partial charge in [-0.1, -0.05) is 0 Å². The summed E-state index contributed by atoms with van der Waals surface area (Å²) in [6.45, 7) is 0. The number of nitrogens with one attached hydrogen (secondary N) is 1. The maximum Gasteiger partial charge on any atom is 0.337 e. The molecule has 1 amide bonds. The van der Waals surface area contributed by atoms with Gasteiger partial charge in [0.15, 0.2) is 0 Å². The molecule has 0 aliphatic carbocycles. The standard InChI is InChI=1S/C10H10ClNO4/c1-16-6-2-3-8(12-9(13)5-11)7(4-6)10(14)15/h2-4H,5H2,1H3,(H,12,13)(H,14,15). The molecule has 1 rings (SSSR count).